The van der Waals surface area contributed by atoms with Gasteiger partial charge in [-0.25, -0.2) is 0 Å². The summed E-state index contributed by atoms with van der Waals surface area (Å²) in [6.07, 6.45) is 5.25. The summed E-state index contributed by atoms with van der Waals surface area (Å²) >= 11 is 0. The Morgan fingerprint density at radius 2 is 1.89 bits per heavy atom. The third kappa shape index (κ3) is 4.64. The molecule has 1 saturated heterocycles. The fourth-order valence-corrected chi connectivity index (χ4v) is 2.16. The van der Waals surface area contributed by atoms with Crippen molar-refractivity contribution in [2.75, 3.05) is 32.7 Å². The number of nitrogens with zero attached hydrogens (tertiary/aromatic N) is 1. The molecule has 0 spiro atoms. The monoisotopic (exact) mass is 253 g/mol. The fourth-order valence-electron chi connectivity index (χ4n) is 2.16. The smallest absolute Gasteiger partial charge is 0.233 e. The van der Waals surface area contributed by atoms with E-state index in [0.717, 1.165) is 32.5 Å². The van der Waals surface area contributed by atoms with Crippen molar-refractivity contribution >= 4 is 11.8 Å². The molecule has 1 saturated carbocycles. The van der Waals surface area contributed by atoms with Crippen LogP contribution in [0.3, 0.4) is 0 Å². The number of rotatable bonds is 7. The summed E-state index contributed by atoms with van der Waals surface area (Å²) in [5.74, 6) is 0.958. The van der Waals surface area contributed by atoms with Gasteiger partial charge in [-0.3, -0.25) is 9.59 Å². The largest absolute Gasteiger partial charge is 0.355 e. The molecule has 0 atom stereocenters. The van der Waals surface area contributed by atoms with Crippen LogP contribution in [0.15, 0.2) is 0 Å². The first-order valence-electron chi connectivity index (χ1n) is 7.01. The van der Waals surface area contributed by atoms with Crippen LogP contribution in [0.5, 0.6) is 0 Å². The van der Waals surface area contributed by atoms with E-state index in [1.165, 1.54) is 12.8 Å². The number of carbonyl (C=O) groups excluding carboxylic acids is 2. The molecule has 0 aromatic rings. The Kier molecular flexibility index (Phi) is 4.99. The average molecular weight is 253 g/mol. The van der Waals surface area contributed by atoms with Crippen molar-refractivity contribution in [3.05, 3.63) is 0 Å². The zero-order valence-electron chi connectivity index (χ0n) is 10.9. The second-order valence-corrected chi connectivity index (χ2v) is 5.26. The van der Waals surface area contributed by atoms with Crippen LogP contribution in [-0.2, 0) is 9.59 Å². The zero-order chi connectivity index (χ0) is 12.8. The highest BCUT2D eigenvalue weighted by Gasteiger charge is 2.21. The van der Waals surface area contributed by atoms with Crippen LogP contribution in [-0.4, -0.2) is 49.4 Å². The lowest BCUT2D eigenvalue weighted by Crippen LogP contribution is -2.37. The molecule has 1 aliphatic carbocycles. The molecule has 18 heavy (non-hydrogen) atoms. The van der Waals surface area contributed by atoms with E-state index < -0.39 is 0 Å². The predicted octanol–water partition coefficient (Wildman–Crippen LogP) is 0.115. The topological polar surface area (TPSA) is 61.4 Å². The molecule has 0 aromatic carbocycles. The maximum absolute atomic E-state index is 11.7. The van der Waals surface area contributed by atoms with Crippen LogP contribution in [0.4, 0.5) is 0 Å². The summed E-state index contributed by atoms with van der Waals surface area (Å²) in [5.41, 5.74) is 0. The van der Waals surface area contributed by atoms with Gasteiger partial charge in [0, 0.05) is 32.6 Å². The maximum Gasteiger partial charge on any atom is 0.233 e. The Bertz CT molecular complexity index is 297. The average Bonchev–Trinajstić information content (AvgIpc) is 3.03. The van der Waals surface area contributed by atoms with E-state index in [0.29, 0.717) is 25.4 Å². The third-order valence-electron chi connectivity index (χ3n) is 3.54. The van der Waals surface area contributed by atoms with Crippen LogP contribution in [0.2, 0.25) is 0 Å². The minimum absolute atomic E-state index is 0.0375. The minimum Gasteiger partial charge on any atom is -0.355 e. The van der Waals surface area contributed by atoms with Crippen molar-refractivity contribution in [3.63, 3.8) is 0 Å². The van der Waals surface area contributed by atoms with E-state index >= 15 is 0 Å². The summed E-state index contributed by atoms with van der Waals surface area (Å²) in [5, 5.41) is 5.92. The van der Waals surface area contributed by atoms with E-state index in [1.807, 2.05) is 4.90 Å². The zero-order valence-corrected chi connectivity index (χ0v) is 10.9. The fraction of sp³-hybridized carbons (Fsp3) is 0.846. The molecule has 0 unspecified atom stereocenters. The molecule has 1 aliphatic heterocycles. The summed E-state index contributed by atoms with van der Waals surface area (Å²) < 4.78 is 0. The molecular weight excluding hydrogens is 230 g/mol. The first-order chi connectivity index (χ1) is 8.75. The first kappa shape index (κ1) is 13.3. The van der Waals surface area contributed by atoms with Crippen LogP contribution in [0.25, 0.3) is 0 Å². The molecule has 102 valence electrons. The summed E-state index contributed by atoms with van der Waals surface area (Å²) in [4.78, 5) is 25.0. The number of likely N-dealkylation sites (tertiary alicyclic amines) is 1. The molecule has 5 heteroatoms. The molecule has 0 bridgehead atoms. The van der Waals surface area contributed by atoms with Gasteiger partial charge in [-0.05, 0) is 31.6 Å². The van der Waals surface area contributed by atoms with Crippen LogP contribution in [0, 0.1) is 5.92 Å². The Balaban J connectivity index is 1.46. The van der Waals surface area contributed by atoms with Crippen molar-refractivity contribution < 1.29 is 9.59 Å². The van der Waals surface area contributed by atoms with Gasteiger partial charge in [-0.15, -0.1) is 0 Å². The van der Waals surface area contributed by atoms with Crippen molar-refractivity contribution in [1.82, 2.24) is 15.5 Å². The first-order valence-corrected chi connectivity index (χ1v) is 7.01. The maximum atomic E-state index is 11.7. The number of hydrogen-bond acceptors (Lipinski definition) is 3. The van der Waals surface area contributed by atoms with Gasteiger partial charge in [0.1, 0.15) is 0 Å². The van der Waals surface area contributed by atoms with Crippen molar-refractivity contribution in [3.8, 4) is 0 Å². The van der Waals surface area contributed by atoms with Crippen LogP contribution >= 0.6 is 0 Å². The van der Waals surface area contributed by atoms with E-state index in [-0.39, 0.29) is 11.8 Å². The highest BCUT2D eigenvalue weighted by molar-refractivity contribution is 5.78. The lowest BCUT2D eigenvalue weighted by atomic mass is 10.3. The second kappa shape index (κ2) is 6.73. The molecule has 5 nitrogen and oxygen atoms in total. The summed E-state index contributed by atoms with van der Waals surface area (Å²) in [6, 6.07) is 0. The van der Waals surface area contributed by atoms with E-state index in [9.17, 15) is 9.59 Å². The molecule has 2 N–H and O–H groups in total. The van der Waals surface area contributed by atoms with Crippen LogP contribution in [0.1, 0.15) is 32.1 Å². The number of carbonyl (C=O) groups is 2. The van der Waals surface area contributed by atoms with E-state index in [1.54, 1.807) is 0 Å². The number of nitrogens with one attached hydrogen (secondary N) is 2. The second-order valence-electron chi connectivity index (χ2n) is 5.26. The summed E-state index contributed by atoms with van der Waals surface area (Å²) in [6.45, 7) is 3.53. The highest BCUT2D eigenvalue weighted by atomic mass is 16.2. The lowest BCUT2D eigenvalue weighted by Gasteiger charge is -2.15. The highest BCUT2D eigenvalue weighted by Crippen LogP contribution is 2.27. The molecule has 2 rings (SSSR count). The molecule has 2 aliphatic rings. The standard InChI is InChI=1S/C13H23N3O2/c17-12(15-9-11-3-4-11)10-14-6-5-13(18)16-7-1-2-8-16/h11,14H,1-10H2,(H,15,17). The van der Waals surface area contributed by atoms with Gasteiger partial charge < -0.3 is 15.5 Å². The SMILES string of the molecule is O=C(CNCCC(=O)N1CCCC1)NCC1CC1. The molecule has 2 amide bonds. The molecular formula is C13H23N3O2. The van der Waals surface area contributed by atoms with Gasteiger partial charge in [0.15, 0.2) is 0 Å². The van der Waals surface area contributed by atoms with Gasteiger partial charge in [0.2, 0.25) is 11.8 Å². The Morgan fingerprint density at radius 1 is 1.17 bits per heavy atom. The molecule has 0 aromatic heterocycles. The Hall–Kier alpha value is -1.10. The molecule has 0 radical (unpaired) electrons. The number of hydrogen-bond donors (Lipinski definition) is 2. The van der Waals surface area contributed by atoms with E-state index in [2.05, 4.69) is 10.6 Å². The Morgan fingerprint density at radius 3 is 2.56 bits per heavy atom. The van der Waals surface area contributed by atoms with Crippen LogP contribution < -0.4 is 10.6 Å². The molecule has 2 fully saturated rings. The minimum atomic E-state index is 0.0375. The van der Waals surface area contributed by atoms with Gasteiger partial charge in [0.25, 0.3) is 0 Å². The quantitative estimate of drug-likeness (QED) is 0.633. The predicted molar refractivity (Wildman–Crippen MR) is 69.0 cm³/mol. The van der Waals surface area contributed by atoms with Gasteiger partial charge in [-0.1, -0.05) is 0 Å². The van der Waals surface area contributed by atoms with Gasteiger partial charge >= 0.3 is 0 Å². The van der Waals surface area contributed by atoms with Crippen molar-refractivity contribution in [2.24, 2.45) is 5.92 Å². The molecule has 1 heterocycles. The van der Waals surface area contributed by atoms with Crippen molar-refractivity contribution in [2.45, 2.75) is 32.1 Å². The summed E-state index contributed by atoms with van der Waals surface area (Å²) in [7, 11) is 0. The van der Waals surface area contributed by atoms with Gasteiger partial charge in [0.05, 0.1) is 6.54 Å². The van der Waals surface area contributed by atoms with Crippen molar-refractivity contribution in [1.29, 1.82) is 0 Å². The normalized spacial score (nSPS) is 19.0. The number of amides is 2. The Labute approximate surface area is 108 Å². The lowest BCUT2D eigenvalue weighted by molar-refractivity contribution is -0.130. The van der Waals surface area contributed by atoms with E-state index in [4.69, 9.17) is 0 Å². The third-order valence-corrected chi connectivity index (χ3v) is 3.54. The van der Waals surface area contributed by atoms with Gasteiger partial charge in [-0.2, -0.15) is 0 Å².